The Morgan fingerprint density at radius 1 is 1.35 bits per heavy atom. The standard InChI is InChI=1S/C13H16N2O2/c1-10-4-5-13(16)12(15-10)9-14-7-6-11-3-2-8-17-11/h2-5,8,14,16H,6-7,9H2,1H3. The summed E-state index contributed by atoms with van der Waals surface area (Å²) in [7, 11) is 0. The van der Waals surface area contributed by atoms with Crippen molar-refractivity contribution in [3.05, 3.63) is 47.7 Å². The van der Waals surface area contributed by atoms with E-state index in [0.717, 1.165) is 24.4 Å². The molecule has 0 bridgehead atoms. The molecule has 0 radical (unpaired) electrons. The van der Waals surface area contributed by atoms with E-state index in [1.54, 1.807) is 18.4 Å². The number of aryl methyl sites for hydroxylation is 1. The second-order valence-electron chi connectivity index (χ2n) is 3.92. The fourth-order valence-corrected chi connectivity index (χ4v) is 1.61. The van der Waals surface area contributed by atoms with Crippen molar-refractivity contribution in [3.8, 4) is 5.75 Å². The van der Waals surface area contributed by atoms with Crippen LogP contribution >= 0.6 is 0 Å². The smallest absolute Gasteiger partial charge is 0.138 e. The first kappa shape index (κ1) is 11.7. The number of aromatic hydroxyl groups is 1. The zero-order chi connectivity index (χ0) is 12.1. The van der Waals surface area contributed by atoms with Crippen molar-refractivity contribution in [1.82, 2.24) is 10.3 Å². The van der Waals surface area contributed by atoms with Gasteiger partial charge in [-0.1, -0.05) is 0 Å². The summed E-state index contributed by atoms with van der Waals surface area (Å²) in [5.74, 6) is 1.19. The van der Waals surface area contributed by atoms with Gasteiger partial charge in [0.25, 0.3) is 0 Å². The molecule has 4 nitrogen and oxygen atoms in total. The number of nitrogens with one attached hydrogen (secondary N) is 1. The zero-order valence-electron chi connectivity index (χ0n) is 9.81. The quantitative estimate of drug-likeness (QED) is 0.774. The highest BCUT2D eigenvalue weighted by Crippen LogP contribution is 2.14. The molecule has 2 heterocycles. The Balaban J connectivity index is 1.80. The van der Waals surface area contributed by atoms with Gasteiger partial charge in [-0.05, 0) is 31.2 Å². The van der Waals surface area contributed by atoms with Gasteiger partial charge in [0.2, 0.25) is 0 Å². The van der Waals surface area contributed by atoms with E-state index in [4.69, 9.17) is 4.42 Å². The van der Waals surface area contributed by atoms with Crippen LogP contribution in [0.25, 0.3) is 0 Å². The zero-order valence-corrected chi connectivity index (χ0v) is 9.81. The Hall–Kier alpha value is -1.81. The van der Waals surface area contributed by atoms with Gasteiger partial charge in [0.05, 0.1) is 12.0 Å². The van der Waals surface area contributed by atoms with Gasteiger partial charge in [0.15, 0.2) is 0 Å². The summed E-state index contributed by atoms with van der Waals surface area (Å²) in [6.07, 6.45) is 2.50. The van der Waals surface area contributed by atoms with Crippen LogP contribution < -0.4 is 5.32 Å². The first-order chi connectivity index (χ1) is 8.25. The largest absolute Gasteiger partial charge is 0.506 e. The van der Waals surface area contributed by atoms with Crippen molar-refractivity contribution in [2.45, 2.75) is 19.9 Å². The fourth-order valence-electron chi connectivity index (χ4n) is 1.61. The molecular weight excluding hydrogens is 216 g/mol. The van der Waals surface area contributed by atoms with E-state index in [0.29, 0.717) is 12.2 Å². The molecule has 4 heteroatoms. The van der Waals surface area contributed by atoms with Crippen LogP contribution in [0.3, 0.4) is 0 Å². The number of furan rings is 1. The van der Waals surface area contributed by atoms with E-state index in [1.165, 1.54) is 0 Å². The molecule has 0 aliphatic heterocycles. The Kier molecular flexibility index (Phi) is 3.77. The fraction of sp³-hybridized carbons (Fsp3) is 0.308. The number of hydrogen-bond donors (Lipinski definition) is 2. The molecule has 0 aliphatic rings. The molecule has 0 aromatic carbocycles. The maximum absolute atomic E-state index is 9.60. The maximum Gasteiger partial charge on any atom is 0.138 e. The third kappa shape index (κ3) is 3.32. The first-order valence-corrected chi connectivity index (χ1v) is 5.64. The Bertz CT molecular complexity index is 466. The van der Waals surface area contributed by atoms with Crippen LogP contribution in [0.4, 0.5) is 0 Å². The average Bonchev–Trinajstić information content (AvgIpc) is 2.82. The highest BCUT2D eigenvalue weighted by Gasteiger charge is 2.02. The van der Waals surface area contributed by atoms with Gasteiger partial charge in [0.1, 0.15) is 11.5 Å². The predicted molar refractivity (Wildman–Crippen MR) is 64.8 cm³/mol. The van der Waals surface area contributed by atoms with Crippen LogP contribution in [-0.4, -0.2) is 16.6 Å². The SMILES string of the molecule is Cc1ccc(O)c(CNCCc2ccco2)n1. The highest BCUT2D eigenvalue weighted by molar-refractivity contribution is 5.27. The van der Waals surface area contributed by atoms with Crippen LogP contribution in [-0.2, 0) is 13.0 Å². The van der Waals surface area contributed by atoms with Gasteiger partial charge < -0.3 is 14.8 Å². The monoisotopic (exact) mass is 232 g/mol. The molecule has 0 unspecified atom stereocenters. The molecule has 0 aliphatic carbocycles. The summed E-state index contributed by atoms with van der Waals surface area (Å²) < 4.78 is 5.22. The molecule has 90 valence electrons. The molecule has 0 fully saturated rings. The summed E-state index contributed by atoms with van der Waals surface area (Å²) in [6.45, 7) is 3.27. The van der Waals surface area contributed by atoms with Gasteiger partial charge in [-0.2, -0.15) is 0 Å². The van der Waals surface area contributed by atoms with E-state index >= 15 is 0 Å². The third-order valence-corrected chi connectivity index (χ3v) is 2.51. The number of rotatable bonds is 5. The number of nitrogens with zero attached hydrogens (tertiary/aromatic N) is 1. The molecule has 0 spiro atoms. The van der Waals surface area contributed by atoms with Crippen LogP contribution in [0.5, 0.6) is 5.75 Å². The van der Waals surface area contributed by atoms with Crippen molar-refractivity contribution in [2.75, 3.05) is 6.54 Å². The van der Waals surface area contributed by atoms with Gasteiger partial charge in [0, 0.05) is 25.2 Å². The Labute approximate surface area is 100 Å². The van der Waals surface area contributed by atoms with Crippen LogP contribution in [0.2, 0.25) is 0 Å². The van der Waals surface area contributed by atoms with Crippen LogP contribution in [0, 0.1) is 6.92 Å². The predicted octanol–water partition coefficient (Wildman–Crippen LogP) is 2.02. The molecule has 2 N–H and O–H groups in total. The van der Waals surface area contributed by atoms with Crippen molar-refractivity contribution in [3.63, 3.8) is 0 Å². The lowest BCUT2D eigenvalue weighted by atomic mass is 10.2. The van der Waals surface area contributed by atoms with Crippen molar-refractivity contribution >= 4 is 0 Å². The third-order valence-electron chi connectivity index (χ3n) is 2.51. The number of pyridine rings is 1. The lowest BCUT2D eigenvalue weighted by Gasteiger charge is -2.06. The first-order valence-electron chi connectivity index (χ1n) is 5.64. The van der Waals surface area contributed by atoms with Crippen molar-refractivity contribution < 1.29 is 9.52 Å². The van der Waals surface area contributed by atoms with E-state index < -0.39 is 0 Å². The second-order valence-corrected chi connectivity index (χ2v) is 3.92. The van der Waals surface area contributed by atoms with E-state index in [-0.39, 0.29) is 5.75 Å². The van der Waals surface area contributed by atoms with Crippen molar-refractivity contribution in [2.24, 2.45) is 0 Å². The summed E-state index contributed by atoms with van der Waals surface area (Å²) in [6, 6.07) is 7.29. The minimum atomic E-state index is 0.237. The molecule has 2 aromatic rings. The topological polar surface area (TPSA) is 58.3 Å². The number of hydrogen-bond acceptors (Lipinski definition) is 4. The second kappa shape index (κ2) is 5.50. The molecule has 0 atom stereocenters. The summed E-state index contributed by atoms with van der Waals surface area (Å²) >= 11 is 0. The van der Waals surface area contributed by atoms with Gasteiger partial charge in [-0.15, -0.1) is 0 Å². The molecule has 2 rings (SSSR count). The Morgan fingerprint density at radius 2 is 2.24 bits per heavy atom. The van der Waals surface area contributed by atoms with E-state index in [2.05, 4.69) is 10.3 Å². The lowest BCUT2D eigenvalue weighted by molar-refractivity contribution is 0.457. The maximum atomic E-state index is 9.60. The highest BCUT2D eigenvalue weighted by atomic mass is 16.3. The molecule has 17 heavy (non-hydrogen) atoms. The minimum Gasteiger partial charge on any atom is -0.506 e. The van der Waals surface area contributed by atoms with E-state index in [9.17, 15) is 5.11 Å². The Morgan fingerprint density at radius 3 is 3.00 bits per heavy atom. The molecule has 0 saturated carbocycles. The van der Waals surface area contributed by atoms with E-state index in [1.807, 2.05) is 19.1 Å². The summed E-state index contributed by atoms with van der Waals surface area (Å²) in [5.41, 5.74) is 1.59. The van der Waals surface area contributed by atoms with Crippen LogP contribution in [0.15, 0.2) is 34.9 Å². The summed E-state index contributed by atoms with van der Waals surface area (Å²) in [5, 5.41) is 12.8. The lowest BCUT2D eigenvalue weighted by Crippen LogP contribution is -2.17. The van der Waals surface area contributed by atoms with Crippen molar-refractivity contribution in [1.29, 1.82) is 0 Å². The molecule has 0 amide bonds. The van der Waals surface area contributed by atoms with Gasteiger partial charge >= 0.3 is 0 Å². The molecular formula is C13H16N2O2. The normalized spacial score (nSPS) is 10.6. The number of aromatic nitrogens is 1. The average molecular weight is 232 g/mol. The molecule has 0 saturated heterocycles. The minimum absolute atomic E-state index is 0.237. The van der Waals surface area contributed by atoms with Gasteiger partial charge in [-0.3, -0.25) is 4.98 Å². The van der Waals surface area contributed by atoms with Gasteiger partial charge in [-0.25, -0.2) is 0 Å². The summed E-state index contributed by atoms with van der Waals surface area (Å²) in [4.78, 5) is 4.27. The molecule has 2 aromatic heterocycles. The van der Waals surface area contributed by atoms with Crippen LogP contribution in [0.1, 0.15) is 17.1 Å².